The van der Waals surface area contributed by atoms with E-state index in [9.17, 15) is 14.7 Å². The average molecular weight is 418 g/mol. The van der Waals surface area contributed by atoms with E-state index in [1.807, 2.05) is 32.9 Å². The summed E-state index contributed by atoms with van der Waals surface area (Å²) in [6, 6.07) is 0. The fourth-order valence-corrected chi connectivity index (χ4v) is 4.27. The highest BCUT2D eigenvalue weighted by Gasteiger charge is 2.54. The number of rotatable bonds is 6. The molecule has 7 heteroatoms. The van der Waals surface area contributed by atoms with Gasteiger partial charge in [0.1, 0.15) is 18.3 Å². The van der Waals surface area contributed by atoms with Gasteiger partial charge in [0.05, 0.1) is 12.0 Å². The van der Waals surface area contributed by atoms with Gasteiger partial charge in [0.15, 0.2) is 0 Å². The van der Waals surface area contributed by atoms with E-state index in [1.165, 1.54) is 0 Å². The zero-order valence-electron chi connectivity index (χ0n) is 18.0. The fourth-order valence-electron chi connectivity index (χ4n) is 4.27. The summed E-state index contributed by atoms with van der Waals surface area (Å²) in [5.41, 5.74) is 2.25. The largest absolute Gasteiger partial charge is 0.458 e. The smallest absolute Gasteiger partial charge is 0.334 e. The van der Waals surface area contributed by atoms with Crippen LogP contribution < -0.4 is 0 Å². The lowest BCUT2D eigenvalue weighted by atomic mass is 9.83. The lowest BCUT2D eigenvalue weighted by molar-refractivity contribution is -0.218. The summed E-state index contributed by atoms with van der Waals surface area (Å²) < 4.78 is 23.9. The number of aliphatic hydroxyl groups excluding tert-OH is 1. The van der Waals surface area contributed by atoms with Crippen LogP contribution in [0.25, 0.3) is 0 Å². The van der Waals surface area contributed by atoms with Gasteiger partial charge in [-0.3, -0.25) is 0 Å². The first-order chi connectivity index (χ1) is 14.1. The number of carbonyl (C=O) groups excluding carboxylic acids is 2. The van der Waals surface area contributed by atoms with Gasteiger partial charge >= 0.3 is 11.9 Å². The molecule has 7 nitrogen and oxygen atoms in total. The molecule has 0 spiro atoms. The van der Waals surface area contributed by atoms with E-state index in [-0.39, 0.29) is 23.9 Å². The van der Waals surface area contributed by atoms with E-state index in [0.29, 0.717) is 12.8 Å². The topological polar surface area (TPSA) is 91.3 Å². The quantitative estimate of drug-likeness (QED) is 0.403. The molecule has 0 aliphatic carbocycles. The van der Waals surface area contributed by atoms with Crippen LogP contribution in [0, 0.1) is 5.92 Å². The molecule has 3 unspecified atom stereocenters. The van der Waals surface area contributed by atoms with Crippen LogP contribution in [0.1, 0.15) is 40.5 Å². The van der Waals surface area contributed by atoms with Crippen molar-refractivity contribution < 1.29 is 33.6 Å². The van der Waals surface area contributed by atoms with Gasteiger partial charge in [-0.1, -0.05) is 18.7 Å². The second-order valence-electron chi connectivity index (χ2n) is 8.43. The van der Waals surface area contributed by atoms with Crippen molar-refractivity contribution in [2.24, 2.45) is 5.92 Å². The molecule has 2 bridgehead atoms. The molecule has 3 heterocycles. The molecule has 3 aliphatic rings. The van der Waals surface area contributed by atoms with Crippen LogP contribution in [0.5, 0.6) is 0 Å². The Balaban J connectivity index is 2.02. The SMILES string of the molecule is C=C(C)C(=O)O[C@H]1C/C(C)=C\C2(OC(C)CCO)C=C(C)C(O2)[C@H]2OC(=O)C(=C)[C@H]12. The molecule has 1 N–H and O–H groups in total. The van der Waals surface area contributed by atoms with Crippen molar-refractivity contribution in [3.8, 4) is 0 Å². The lowest BCUT2D eigenvalue weighted by Gasteiger charge is -2.32. The first kappa shape index (κ1) is 22.5. The van der Waals surface area contributed by atoms with Crippen molar-refractivity contribution >= 4 is 11.9 Å². The Morgan fingerprint density at radius 1 is 1.40 bits per heavy atom. The van der Waals surface area contributed by atoms with Crippen LogP contribution in [0.3, 0.4) is 0 Å². The Bertz CT molecular complexity index is 823. The minimum absolute atomic E-state index is 0.00681. The summed E-state index contributed by atoms with van der Waals surface area (Å²) in [5.74, 6) is -2.76. The van der Waals surface area contributed by atoms with Crippen molar-refractivity contribution in [1.82, 2.24) is 0 Å². The number of ether oxygens (including phenoxy) is 4. The second kappa shape index (κ2) is 8.49. The molecule has 30 heavy (non-hydrogen) atoms. The molecular weight excluding hydrogens is 388 g/mol. The van der Waals surface area contributed by atoms with Crippen LogP contribution in [0.2, 0.25) is 0 Å². The van der Waals surface area contributed by atoms with E-state index in [4.69, 9.17) is 18.9 Å². The number of hydrogen-bond acceptors (Lipinski definition) is 7. The molecule has 0 aromatic rings. The summed E-state index contributed by atoms with van der Waals surface area (Å²) >= 11 is 0. The predicted molar refractivity (Wildman–Crippen MR) is 109 cm³/mol. The van der Waals surface area contributed by atoms with E-state index >= 15 is 0 Å². The minimum Gasteiger partial charge on any atom is -0.458 e. The van der Waals surface area contributed by atoms with Crippen LogP contribution in [0.4, 0.5) is 0 Å². The Labute approximate surface area is 177 Å². The van der Waals surface area contributed by atoms with Gasteiger partial charge in [0.25, 0.3) is 0 Å². The highest BCUT2D eigenvalue weighted by molar-refractivity contribution is 5.91. The van der Waals surface area contributed by atoms with Gasteiger partial charge < -0.3 is 24.1 Å². The number of hydrogen-bond donors (Lipinski definition) is 1. The summed E-state index contributed by atoms with van der Waals surface area (Å²) in [4.78, 5) is 24.7. The molecule has 1 saturated heterocycles. The molecule has 164 valence electrons. The summed E-state index contributed by atoms with van der Waals surface area (Å²) in [6.07, 6.45) is 2.35. The van der Waals surface area contributed by atoms with Crippen LogP contribution in [-0.4, -0.2) is 53.9 Å². The van der Waals surface area contributed by atoms with Gasteiger partial charge in [0.2, 0.25) is 5.79 Å². The molecule has 0 aromatic heterocycles. The maximum absolute atomic E-state index is 12.4. The van der Waals surface area contributed by atoms with Crippen LogP contribution in [0.15, 0.2) is 47.6 Å². The molecular formula is C23H30O7. The molecule has 0 radical (unpaired) electrons. The highest BCUT2D eigenvalue weighted by atomic mass is 16.7. The number of esters is 2. The molecule has 0 saturated carbocycles. The van der Waals surface area contributed by atoms with Crippen molar-refractivity contribution in [2.45, 2.75) is 70.7 Å². The van der Waals surface area contributed by atoms with Crippen molar-refractivity contribution in [3.05, 3.63) is 47.6 Å². The number of fused-ring (bicyclic) bond motifs is 4. The number of aliphatic hydroxyl groups is 1. The summed E-state index contributed by atoms with van der Waals surface area (Å²) in [7, 11) is 0. The molecule has 6 atom stereocenters. The Morgan fingerprint density at radius 2 is 2.10 bits per heavy atom. The highest BCUT2D eigenvalue weighted by Crippen LogP contribution is 2.45. The molecule has 3 rings (SSSR count). The van der Waals surface area contributed by atoms with Gasteiger partial charge in [-0.25, -0.2) is 9.59 Å². The van der Waals surface area contributed by atoms with Gasteiger partial charge in [-0.05, 0) is 51.8 Å². The maximum Gasteiger partial charge on any atom is 0.334 e. The third kappa shape index (κ3) is 4.29. The average Bonchev–Trinajstić information content (AvgIpc) is 3.11. The zero-order chi connectivity index (χ0) is 22.2. The molecule has 3 aliphatic heterocycles. The first-order valence-corrected chi connectivity index (χ1v) is 10.2. The van der Waals surface area contributed by atoms with Crippen LogP contribution >= 0.6 is 0 Å². The standard InChI is InChI=1S/C23H30O7/c1-12(2)21(25)27-17-9-13(3)10-23(29-15(5)7-8-24)11-14(4)19(30-23)20-18(17)16(6)22(26)28-20/h10-11,15,17-20,24H,1,6-9H2,2-5H3/b13-10-/t15?,17-,18+,19?,20-,23?/m0/s1. The third-order valence-electron chi connectivity index (χ3n) is 5.65. The Hall–Kier alpha value is -2.22. The monoisotopic (exact) mass is 418 g/mol. The summed E-state index contributed by atoms with van der Waals surface area (Å²) in [5, 5.41) is 9.25. The van der Waals surface area contributed by atoms with E-state index in [0.717, 1.165) is 11.1 Å². The van der Waals surface area contributed by atoms with Gasteiger partial charge in [-0.2, -0.15) is 0 Å². The van der Waals surface area contributed by atoms with Gasteiger partial charge in [0, 0.05) is 24.2 Å². The van der Waals surface area contributed by atoms with Crippen molar-refractivity contribution in [2.75, 3.05) is 6.61 Å². The van der Waals surface area contributed by atoms with E-state index < -0.39 is 42.0 Å². The maximum atomic E-state index is 12.4. The predicted octanol–water partition coefficient (Wildman–Crippen LogP) is 2.75. The van der Waals surface area contributed by atoms with Gasteiger partial charge in [-0.15, -0.1) is 0 Å². The Kier molecular flexibility index (Phi) is 6.36. The number of carbonyl (C=O) groups is 2. The van der Waals surface area contributed by atoms with Crippen molar-refractivity contribution in [3.63, 3.8) is 0 Å². The summed E-state index contributed by atoms with van der Waals surface area (Å²) in [6.45, 7) is 14.8. The first-order valence-electron chi connectivity index (χ1n) is 10.2. The normalized spacial score (nSPS) is 35.8. The van der Waals surface area contributed by atoms with Crippen LogP contribution in [-0.2, 0) is 28.5 Å². The molecule has 1 fully saturated rings. The second-order valence-corrected chi connectivity index (χ2v) is 8.43. The van der Waals surface area contributed by atoms with E-state index in [1.54, 1.807) is 6.92 Å². The van der Waals surface area contributed by atoms with Crippen molar-refractivity contribution in [1.29, 1.82) is 0 Å². The fraction of sp³-hybridized carbons (Fsp3) is 0.565. The van der Waals surface area contributed by atoms with E-state index in [2.05, 4.69) is 13.2 Å². The molecule has 0 aromatic carbocycles. The third-order valence-corrected chi connectivity index (χ3v) is 5.65. The Morgan fingerprint density at radius 3 is 2.73 bits per heavy atom. The minimum atomic E-state index is -1.15. The zero-order valence-corrected chi connectivity index (χ0v) is 18.0. The lowest BCUT2D eigenvalue weighted by Crippen LogP contribution is -2.42. The molecule has 0 amide bonds.